The molecule has 0 bridgehead atoms. The quantitative estimate of drug-likeness (QED) is 0.579. The van der Waals surface area contributed by atoms with E-state index in [0.717, 1.165) is 35.6 Å². The molecule has 0 atom stereocenters. The summed E-state index contributed by atoms with van der Waals surface area (Å²) in [6.07, 6.45) is 0. The molecule has 2 aromatic carbocycles. The van der Waals surface area contributed by atoms with Crippen molar-refractivity contribution in [2.45, 2.75) is 6.61 Å². The number of aromatic nitrogens is 1. The monoisotopic (exact) mass is 435 g/mol. The second kappa shape index (κ2) is 9.73. The third-order valence-corrected chi connectivity index (χ3v) is 5.03. The number of halogens is 3. The number of hydrogen-bond donors (Lipinski definition) is 1. The average molecular weight is 435 g/mol. The number of nitrogens with zero attached hydrogens (tertiary/aromatic N) is 2. The highest BCUT2D eigenvalue weighted by Crippen LogP contribution is 2.29. The van der Waals surface area contributed by atoms with E-state index in [-0.39, 0.29) is 35.1 Å². The molecule has 30 heavy (non-hydrogen) atoms. The molecule has 158 valence electrons. The van der Waals surface area contributed by atoms with Gasteiger partial charge in [0.15, 0.2) is 0 Å². The van der Waals surface area contributed by atoms with Crippen LogP contribution in [0, 0.1) is 17.5 Å². The standard InChI is InChI=1S/C21H20F3N3O2S/c1-27(2)8-7-25-20(28)19-12-30-21(26-19)16-5-4-15(10-18(16)24)29-11-13-9-14(22)3-6-17(13)23/h3-6,9-10,12H,7-8,11H2,1-2H3,(H,25,28). The van der Waals surface area contributed by atoms with Gasteiger partial charge in [0.2, 0.25) is 0 Å². The van der Waals surface area contributed by atoms with Crippen molar-refractivity contribution in [3.63, 3.8) is 0 Å². The highest BCUT2D eigenvalue weighted by Gasteiger charge is 2.15. The smallest absolute Gasteiger partial charge is 0.270 e. The van der Waals surface area contributed by atoms with Gasteiger partial charge in [-0.1, -0.05) is 0 Å². The molecule has 0 aliphatic carbocycles. The largest absolute Gasteiger partial charge is 0.489 e. The van der Waals surface area contributed by atoms with E-state index in [0.29, 0.717) is 18.1 Å². The number of thiazole rings is 1. The number of rotatable bonds is 8. The summed E-state index contributed by atoms with van der Waals surface area (Å²) in [5.41, 5.74) is 0.469. The van der Waals surface area contributed by atoms with E-state index in [1.807, 2.05) is 19.0 Å². The van der Waals surface area contributed by atoms with Crippen LogP contribution in [-0.2, 0) is 6.61 Å². The molecule has 1 amide bonds. The average Bonchev–Trinajstić information content (AvgIpc) is 3.18. The number of benzene rings is 2. The molecule has 0 radical (unpaired) electrons. The van der Waals surface area contributed by atoms with Crippen molar-refractivity contribution in [3.05, 3.63) is 70.5 Å². The summed E-state index contributed by atoms with van der Waals surface area (Å²) in [6.45, 7) is 0.931. The lowest BCUT2D eigenvalue weighted by Gasteiger charge is -2.09. The molecule has 1 aromatic heterocycles. The van der Waals surface area contributed by atoms with Crippen LogP contribution in [0.3, 0.4) is 0 Å². The molecule has 9 heteroatoms. The van der Waals surface area contributed by atoms with E-state index in [1.54, 1.807) is 5.38 Å². The maximum absolute atomic E-state index is 14.6. The predicted molar refractivity (Wildman–Crippen MR) is 109 cm³/mol. The van der Waals surface area contributed by atoms with Crippen LogP contribution in [0.5, 0.6) is 5.75 Å². The summed E-state index contributed by atoms with van der Waals surface area (Å²) in [6, 6.07) is 7.17. The van der Waals surface area contributed by atoms with Crippen LogP contribution in [0.4, 0.5) is 13.2 Å². The number of likely N-dealkylation sites (N-methyl/N-ethyl adjacent to an activating group) is 1. The Hall–Kier alpha value is -2.91. The molecule has 0 aliphatic rings. The zero-order valence-corrected chi connectivity index (χ0v) is 17.2. The minimum Gasteiger partial charge on any atom is -0.489 e. The van der Waals surface area contributed by atoms with Gasteiger partial charge >= 0.3 is 0 Å². The molecule has 0 unspecified atom stereocenters. The first-order valence-corrected chi connectivity index (χ1v) is 9.96. The first kappa shape index (κ1) is 21.8. The summed E-state index contributed by atoms with van der Waals surface area (Å²) in [7, 11) is 3.80. The SMILES string of the molecule is CN(C)CCNC(=O)c1csc(-c2ccc(OCc3cc(F)ccc3F)cc2F)n1. The molecule has 0 fully saturated rings. The molecule has 0 spiro atoms. The molecule has 1 heterocycles. The van der Waals surface area contributed by atoms with Gasteiger partial charge in [0.05, 0.1) is 0 Å². The fraction of sp³-hybridized carbons (Fsp3) is 0.238. The Morgan fingerprint density at radius 1 is 1.13 bits per heavy atom. The van der Waals surface area contributed by atoms with Gasteiger partial charge in [0.25, 0.3) is 5.91 Å². The lowest BCUT2D eigenvalue weighted by Crippen LogP contribution is -2.31. The van der Waals surface area contributed by atoms with Crippen molar-refractivity contribution in [1.29, 1.82) is 0 Å². The van der Waals surface area contributed by atoms with Crippen LogP contribution in [-0.4, -0.2) is 43.0 Å². The van der Waals surface area contributed by atoms with Crippen molar-refractivity contribution >= 4 is 17.2 Å². The lowest BCUT2D eigenvalue weighted by molar-refractivity contribution is 0.0947. The van der Waals surface area contributed by atoms with Gasteiger partial charge in [-0.3, -0.25) is 4.79 Å². The summed E-state index contributed by atoms with van der Waals surface area (Å²) in [4.78, 5) is 18.3. The second-order valence-corrected chi connectivity index (χ2v) is 7.62. The number of hydrogen-bond acceptors (Lipinski definition) is 5. The zero-order chi connectivity index (χ0) is 21.7. The van der Waals surface area contributed by atoms with Crippen LogP contribution >= 0.6 is 11.3 Å². The molecule has 5 nitrogen and oxygen atoms in total. The number of ether oxygens (including phenoxy) is 1. The van der Waals surface area contributed by atoms with Crippen LogP contribution in [0.15, 0.2) is 41.8 Å². The first-order valence-electron chi connectivity index (χ1n) is 9.08. The second-order valence-electron chi connectivity index (χ2n) is 6.76. The molecule has 1 N–H and O–H groups in total. The molecular weight excluding hydrogens is 415 g/mol. The van der Waals surface area contributed by atoms with Gasteiger partial charge in [-0.25, -0.2) is 18.2 Å². The normalized spacial score (nSPS) is 11.0. The van der Waals surface area contributed by atoms with Crippen LogP contribution in [0.2, 0.25) is 0 Å². The van der Waals surface area contributed by atoms with Gasteiger partial charge in [-0.05, 0) is 44.4 Å². The predicted octanol–water partition coefficient (Wildman–Crippen LogP) is 4.10. The first-order chi connectivity index (χ1) is 14.3. The van der Waals surface area contributed by atoms with E-state index < -0.39 is 17.5 Å². The molecular formula is C21H20F3N3O2S. The van der Waals surface area contributed by atoms with E-state index in [1.165, 1.54) is 12.1 Å². The summed E-state index contributed by atoms with van der Waals surface area (Å²) >= 11 is 1.15. The molecule has 3 rings (SSSR count). The highest BCUT2D eigenvalue weighted by molar-refractivity contribution is 7.13. The Balaban J connectivity index is 1.66. The summed E-state index contributed by atoms with van der Waals surface area (Å²) < 4.78 is 46.8. The molecule has 0 saturated heterocycles. The minimum atomic E-state index is -0.604. The Morgan fingerprint density at radius 3 is 2.67 bits per heavy atom. The summed E-state index contributed by atoms with van der Waals surface area (Å²) in [5.74, 6) is -1.94. The number of amides is 1. The Labute approximate surface area is 176 Å². The lowest BCUT2D eigenvalue weighted by atomic mass is 10.2. The highest BCUT2D eigenvalue weighted by atomic mass is 32.1. The van der Waals surface area contributed by atoms with Crippen molar-refractivity contribution in [3.8, 4) is 16.3 Å². The molecule has 0 aliphatic heterocycles. The third-order valence-electron chi connectivity index (χ3n) is 4.15. The van der Waals surface area contributed by atoms with Gasteiger partial charge in [0, 0.05) is 35.7 Å². The van der Waals surface area contributed by atoms with Gasteiger partial charge in [0.1, 0.15) is 40.5 Å². The number of nitrogens with one attached hydrogen (secondary N) is 1. The van der Waals surface area contributed by atoms with Crippen LogP contribution in [0.25, 0.3) is 10.6 Å². The van der Waals surface area contributed by atoms with Gasteiger partial charge in [-0.15, -0.1) is 11.3 Å². The van der Waals surface area contributed by atoms with Crippen LogP contribution < -0.4 is 10.1 Å². The van der Waals surface area contributed by atoms with Crippen LogP contribution in [0.1, 0.15) is 16.1 Å². The maximum atomic E-state index is 14.6. The molecule has 0 saturated carbocycles. The van der Waals surface area contributed by atoms with Gasteiger partial charge < -0.3 is 15.0 Å². The van der Waals surface area contributed by atoms with E-state index in [9.17, 15) is 18.0 Å². The van der Waals surface area contributed by atoms with Crippen molar-refractivity contribution in [1.82, 2.24) is 15.2 Å². The Kier molecular flexibility index (Phi) is 7.07. The van der Waals surface area contributed by atoms with E-state index >= 15 is 0 Å². The third kappa shape index (κ3) is 5.58. The van der Waals surface area contributed by atoms with E-state index in [4.69, 9.17) is 4.74 Å². The van der Waals surface area contributed by atoms with Gasteiger partial charge in [-0.2, -0.15) is 0 Å². The summed E-state index contributed by atoms with van der Waals surface area (Å²) in [5, 5.41) is 4.67. The Bertz CT molecular complexity index is 1040. The zero-order valence-electron chi connectivity index (χ0n) is 16.4. The minimum absolute atomic E-state index is 0.0318. The van der Waals surface area contributed by atoms with Crippen molar-refractivity contribution in [2.75, 3.05) is 27.2 Å². The fourth-order valence-corrected chi connectivity index (χ4v) is 3.39. The van der Waals surface area contributed by atoms with Crippen molar-refractivity contribution < 1.29 is 22.7 Å². The fourth-order valence-electron chi connectivity index (χ4n) is 2.56. The van der Waals surface area contributed by atoms with Crippen molar-refractivity contribution in [2.24, 2.45) is 0 Å². The molecule has 3 aromatic rings. The van der Waals surface area contributed by atoms with E-state index in [2.05, 4.69) is 10.3 Å². The Morgan fingerprint density at radius 2 is 1.93 bits per heavy atom. The topological polar surface area (TPSA) is 54.5 Å². The maximum Gasteiger partial charge on any atom is 0.270 e. The number of carbonyl (C=O) groups excluding carboxylic acids is 1. The number of carbonyl (C=O) groups is 1.